The molecule has 5 aromatic rings. The highest BCUT2D eigenvalue weighted by Gasteiger charge is 2.44. The van der Waals surface area contributed by atoms with Crippen LogP contribution in [0.15, 0.2) is 78.6 Å². The van der Waals surface area contributed by atoms with Gasteiger partial charge in [-0.3, -0.25) is 14.0 Å². The minimum absolute atomic E-state index is 0.119. The number of rotatable bonds is 7. The molecule has 1 aliphatic rings. The minimum Gasteiger partial charge on any atom is -0.503 e. The van der Waals surface area contributed by atoms with Crippen LogP contribution < -0.4 is 0 Å². The van der Waals surface area contributed by atoms with E-state index in [1.807, 2.05) is 77.5 Å². The maximum Gasteiger partial charge on any atom is 0.290 e. The molecule has 0 spiro atoms. The van der Waals surface area contributed by atoms with Gasteiger partial charge in [-0.05, 0) is 38.0 Å². The largest absolute Gasteiger partial charge is 0.503 e. The summed E-state index contributed by atoms with van der Waals surface area (Å²) in [5.41, 5.74) is 4.50. The van der Waals surface area contributed by atoms with Gasteiger partial charge in [0.25, 0.3) is 5.91 Å². The lowest BCUT2D eigenvalue weighted by Crippen LogP contribution is -2.32. The quantitative estimate of drug-likeness (QED) is 0.309. The summed E-state index contributed by atoms with van der Waals surface area (Å²) >= 11 is 1.28. The number of carbonyl (C=O) groups excluding carboxylic acids is 2. The summed E-state index contributed by atoms with van der Waals surface area (Å²) in [6.45, 7) is 4.92. The maximum absolute atomic E-state index is 14.0. The van der Waals surface area contributed by atoms with E-state index in [-0.39, 0.29) is 11.4 Å². The molecule has 0 saturated carbocycles. The fourth-order valence-corrected chi connectivity index (χ4v) is 6.15. The second-order valence-electron chi connectivity index (χ2n) is 9.29. The number of ketones is 1. The Kier molecular flexibility index (Phi) is 5.64. The number of thiazole rings is 1. The van der Waals surface area contributed by atoms with Crippen molar-refractivity contribution in [3.05, 3.63) is 100 Å². The molecular formula is C28H25N5O3S. The van der Waals surface area contributed by atoms with Crippen LogP contribution >= 0.6 is 11.3 Å². The van der Waals surface area contributed by atoms with Crippen LogP contribution in [0.25, 0.3) is 16.0 Å². The van der Waals surface area contributed by atoms with Gasteiger partial charge in [0.05, 0.1) is 33.9 Å². The molecule has 1 N–H and O–H groups in total. The highest BCUT2D eigenvalue weighted by Crippen LogP contribution is 2.41. The Balaban J connectivity index is 1.39. The summed E-state index contributed by atoms with van der Waals surface area (Å²) < 4.78 is 3.90. The Morgan fingerprint density at radius 1 is 1.08 bits per heavy atom. The van der Waals surface area contributed by atoms with Crippen molar-refractivity contribution in [3.8, 4) is 0 Å². The number of aliphatic hydroxyl groups is 1. The first-order chi connectivity index (χ1) is 17.9. The predicted octanol–water partition coefficient (Wildman–Crippen LogP) is 5.03. The van der Waals surface area contributed by atoms with Gasteiger partial charge in [0.15, 0.2) is 10.7 Å². The van der Waals surface area contributed by atoms with Crippen LogP contribution in [0.3, 0.4) is 0 Å². The van der Waals surface area contributed by atoms with E-state index in [1.54, 1.807) is 17.4 Å². The zero-order valence-electron chi connectivity index (χ0n) is 20.5. The molecule has 3 aromatic heterocycles. The van der Waals surface area contributed by atoms with Crippen LogP contribution in [-0.2, 0) is 11.3 Å². The first-order valence-electron chi connectivity index (χ1n) is 12.1. The Bertz CT molecular complexity index is 1680. The van der Waals surface area contributed by atoms with Crippen molar-refractivity contribution in [3.63, 3.8) is 0 Å². The number of imidazole rings is 2. The van der Waals surface area contributed by atoms with Gasteiger partial charge in [-0.15, -0.1) is 0 Å². The number of hydrogen-bond acceptors (Lipinski definition) is 6. The van der Waals surface area contributed by atoms with Crippen LogP contribution in [0.1, 0.15) is 39.0 Å². The molecule has 6 rings (SSSR count). The molecule has 186 valence electrons. The summed E-state index contributed by atoms with van der Waals surface area (Å²) in [6, 6.07) is 14.9. The fraction of sp³-hybridized carbons (Fsp3) is 0.214. The third-order valence-electron chi connectivity index (χ3n) is 6.91. The number of carbonyl (C=O) groups is 2. The summed E-state index contributed by atoms with van der Waals surface area (Å²) in [5.74, 6) is -1.34. The molecule has 37 heavy (non-hydrogen) atoms. The first kappa shape index (κ1) is 23.2. The molecule has 0 aliphatic carbocycles. The number of amides is 1. The van der Waals surface area contributed by atoms with E-state index in [0.29, 0.717) is 29.3 Å². The lowest BCUT2D eigenvalue weighted by molar-refractivity contribution is -0.129. The summed E-state index contributed by atoms with van der Waals surface area (Å²) in [5, 5.41) is 11.1. The Hall–Kier alpha value is -4.24. The van der Waals surface area contributed by atoms with Crippen molar-refractivity contribution < 1.29 is 14.7 Å². The molecule has 0 fully saturated rings. The Morgan fingerprint density at radius 2 is 1.86 bits per heavy atom. The smallest absolute Gasteiger partial charge is 0.290 e. The van der Waals surface area contributed by atoms with Gasteiger partial charge in [-0.1, -0.05) is 53.3 Å². The number of hydrogen-bond donors (Lipinski definition) is 1. The second-order valence-corrected chi connectivity index (χ2v) is 10.3. The van der Waals surface area contributed by atoms with Crippen molar-refractivity contribution in [2.45, 2.75) is 32.9 Å². The van der Waals surface area contributed by atoms with Crippen molar-refractivity contribution >= 4 is 39.0 Å². The van der Waals surface area contributed by atoms with Crippen molar-refractivity contribution in [1.82, 2.24) is 23.8 Å². The number of benzene rings is 2. The van der Waals surface area contributed by atoms with E-state index < -0.39 is 17.7 Å². The molecule has 1 atom stereocenters. The van der Waals surface area contributed by atoms with Gasteiger partial charge in [0.2, 0.25) is 5.78 Å². The average Bonchev–Trinajstić information content (AvgIpc) is 3.66. The number of aliphatic hydroxyl groups excluding tert-OH is 1. The number of aryl methyl sites for hydroxylation is 3. The Labute approximate surface area is 217 Å². The van der Waals surface area contributed by atoms with E-state index in [1.165, 1.54) is 11.3 Å². The number of fused-ring (bicyclic) bond motifs is 3. The molecule has 4 heterocycles. The van der Waals surface area contributed by atoms with Crippen LogP contribution in [0, 0.1) is 13.8 Å². The highest BCUT2D eigenvalue weighted by molar-refractivity contribution is 7.19. The fourth-order valence-electron chi connectivity index (χ4n) is 5.05. The lowest BCUT2D eigenvalue weighted by Gasteiger charge is -2.27. The minimum atomic E-state index is -0.672. The Morgan fingerprint density at radius 3 is 2.62 bits per heavy atom. The third kappa shape index (κ3) is 3.82. The summed E-state index contributed by atoms with van der Waals surface area (Å²) in [7, 11) is 0. The van der Waals surface area contributed by atoms with Gasteiger partial charge >= 0.3 is 0 Å². The van der Waals surface area contributed by atoms with Crippen LogP contribution in [0.5, 0.6) is 0 Å². The molecule has 0 radical (unpaired) electrons. The normalized spacial score (nSPS) is 16.0. The lowest BCUT2D eigenvalue weighted by atomic mass is 9.94. The molecule has 1 amide bonds. The van der Waals surface area contributed by atoms with Crippen LogP contribution in [0.4, 0.5) is 0 Å². The highest BCUT2D eigenvalue weighted by atomic mass is 32.1. The molecule has 0 bridgehead atoms. The van der Waals surface area contributed by atoms with E-state index in [2.05, 4.69) is 9.97 Å². The molecule has 9 heteroatoms. The number of nitrogens with zero attached hydrogens (tertiary/aromatic N) is 5. The zero-order valence-corrected chi connectivity index (χ0v) is 21.3. The molecule has 1 aliphatic heterocycles. The van der Waals surface area contributed by atoms with Crippen LogP contribution in [-0.4, -0.2) is 47.2 Å². The standard InChI is InChI=1S/C28H25N5O3S/c1-17-8-10-19(11-9-17)23-22(25(35)27(36)32(23)14-5-13-31-15-12-29-16-31)24(34)26-18(2)33-21-7-4-3-6-20(21)30-28(33)37-26/h3-4,6-12,15-16,23,35H,5,13-14H2,1-2H3. The summed E-state index contributed by atoms with van der Waals surface area (Å²) in [6.07, 6.45) is 5.96. The topological polar surface area (TPSA) is 92.7 Å². The average molecular weight is 512 g/mol. The predicted molar refractivity (Wildman–Crippen MR) is 142 cm³/mol. The van der Waals surface area contributed by atoms with Gasteiger partial charge in [-0.2, -0.15) is 0 Å². The van der Waals surface area contributed by atoms with E-state index in [0.717, 1.165) is 27.9 Å². The van der Waals surface area contributed by atoms with Crippen LogP contribution in [0.2, 0.25) is 0 Å². The van der Waals surface area contributed by atoms with E-state index in [9.17, 15) is 14.7 Å². The second kappa shape index (κ2) is 9.01. The molecule has 0 saturated heterocycles. The number of Topliss-reactive ketones (excluding diaryl/α,β-unsaturated/α-hetero) is 1. The van der Waals surface area contributed by atoms with Crippen molar-refractivity contribution in [1.29, 1.82) is 0 Å². The van der Waals surface area contributed by atoms with Gasteiger partial charge in [0, 0.05) is 31.2 Å². The summed E-state index contributed by atoms with van der Waals surface area (Å²) in [4.78, 5) is 38.9. The van der Waals surface area contributed by atoms with Gasteiger partial charge < -0.3 is 14.6 Å². The van der Waals surface area contributed by atoms with Gasteiger partial charge in [-0.25, -0.2) is 9.97 Å². The van der Waals surface area contributed by atoms with E-state index >= 15 is 0 Å². The molecule has 2 aromatic carbocycles. The van der Waals surface area contributed by atoms with Crippen molar-refractivity contribution in [2.75, 3.05) is 6.54 Å². The first-order valence-corrected chi connectivity index (χ1v) is 12.9. The number of para-hydroxylation sites is 2. The zero-order chi connectivity index (χ0) is 25.7. The monoisotopic (exact) mass is 511 g/mol. The third-order valence-corrected chi connectivity index (χ3v) is 8.05. The number of aromatic nitrogens is 4. The maximum atomic E-state index is 14.0. The SMILES string of the molecule is Cc1ccc(C2C(C(=O)c3sc4nc5ccccc5n4c3C)=C(O)C(=O)N2CCCn2ccnc2)cc1. The molecular weight excluding hydrogens is 486 g/mol. The van der Waals surface area contributed by atoms with E-state index in [4.69, 9.17) is 0 Å². The van der Waals surface area contributed by atoms with Gasteiger partial charge in [0.1, 0.15) is 0 Å². The van der Waals surface area contributed by atoms with Crippen molar-refractivity contribution in [2.24, 2.45) is 0 Å². The molecule has 8 nitrogen and oxygen atoms in total. The molecule has 1 unspecified atom stereocenters.